The molecule has 5 heteroatoms. The molecule has 114 valence electrons. The molecule has 1 aromatic rings. The van der Waals surface area contributed by atoms with E-state index in [0.29, 0.717) is 13.0 Å². The summed E-state index contributed by atoms with van der Waals surface area (Å²) in [5, 5.41) is 19.6. The molecule has 20 heavy (non-hydrogen) atoms. The molecule has 0 aliphatic carbocycles. The maximum Gasteiger partial charge on any atom is 0.159 e. The highest BCUT2D eigenvalue weighted by atomic mass is 16.7. The number of benzene rings is 1. The van der Waals surface area contributed by atoms with E-state index in [1.165, 1.54) is 14.2 Å². The van der Waals surface area contributed by atoms with Gasteiger partial charge >= 0.3 is 0 Å². The maximum absolute atomic E-state index is 9.79. The van der Waals surface area contributed by atoms with Crippen molar-refractivity contribution in [3.63, 3.8) is 0 Å². The Kier molecular flexibility index (Phi) is 8.41. The second kappa shape index (κ2) is 9.85. The maximum atomic E-state index is 9.79. The molecule has 2 atom stereocenters. The second-order valence-corrected chi connectivity index (χ2v) is 4.68. The van der Waals surface area contributed by atoms with Crippen molar-refractivity contribution in [3.8, 4) is 0 Å². The summed E-state index contributed by atoms with van der Waals surface area (Å²) in [5.41, 5.74) is 1.05. The Balaban J connectivity index is 2.17. The molecule has 0 radical (unpaired) electrons. The Hall–Kier alpha value is -0.980. The molecule has 0 aliphatic rings. The van der Waals surface area contributed by atoms with E-state index >= 15 is 0 Å². The first-order valence-electron chi connectivity index (χ1n) is 6.69. The van der Waals surface area contributed by atoms with E-state index in [1.807, 2.05) is 30.3 Å². The molecule has 0 bridgehead atoms. The van der Waals surface area contributed by atoms with Gasteiger partial charge in [-0.15, -0.1) is 0 Å². The Morgan fingerprint density at radius 2 is 1.60 bits per heavy atom. The van der Waals surface area contributed by atoms with Crippen LogP contribution in [0.5, 0.6) is 0 Å². The number of rotatable bonds is 10. The third kappa shape index (κ3) is 6.98. The number of ether oxygens (including phenoxy) is 3. The van der Waals surface area contributed by atoms with Gasteiger partial charge in [0.25, 0.3) is 0 Å². The SMILES string of the molecule is COC(C[C@@H](O)C[C@H](O)COCc1ccccc1)OC. The number of hydrogen-bond acceptors (Lipinski definition) is 5. The number of aliphatic hydroxyl groups is 2. The average molecular weight is 284 g/mol. The molecule has 0 heterocycles. The molecule has 0 aromatic heterocycles. The minimum Gasteiger partial charge on any atom is -0.393 e. The van der Waals surface area contributed by atoms with Crippen LogP contribution in [0.25, 0.3) is 0 Å². The van der Waals surface area contributed by atoms with Crippen LogP contribution < -0.4 is 0 Å². The lowest BCUT2D eigenvalue weighted by Crippen LogP contribution is -2.27. The van der Waals surface area contributed by atoms with E-state index in [9.17, 15) is 10.2 Å². The quantitative estimate of drug-likeness (QED) is 0.634. The second-order valence-electron chi connectivity index (χ2n) is 4.68. The van der Waals surface area contributed by atoms with Crippen LogP contribution in [0.3, 0.4) is 0 Å². The zero-order chi connectivity index (χ0) is 14.8. The zero-order valence-corrected chi connectivity index (χ0v) is 12.1. The lowest BCUT2D eigenvalue weighted by molar-refractivity contribution is -0.126. The summed E-state index contributed by atoms with van der Waals surface area (Å²) in [6.45, 7) is 0.642. The predicted molar refractivity (Wildman–Crippen MR) is 75.2 cm³/mol. The van der Waals surface area contributed by atoms with E-state index in [2.05, 4.69) is 0 Å². The minimum atomic E-state index is -0.705. The highest BCUT2D eigenvalue weighted by Gasteiger charge is 2.17. The van der Waals surface area contributed by atoms with Crippen LogP contribution >= 0.6 is 0 Å². The van der Waals surface area contributed by atoms with Crippen LogP contribution in [0.4, 0.5) is 0 Å². The molecule has 1 rings (SSSR count). The summed E-state index contributed by atoms with van der Waals surface area (Å²) in [6.07, 6.45) is -1.29. The van der Waals surface area contributed by atoms with Gasteiger partial charge < -0.3 is 24.4 Å². The molecule has 0 aliphatic heterocycles. The van der Waals surface area contributed by atoms with Crippen molar-refractivity contribution < 1.29 is 24.4 Å². The summed E-state index contributed by atoms with van der Waals surface area (Å²) in [5.74, 6) is 0. The van der Waals surface area contributed by atoms with Crippen molar-refractivity contribution in [2.24, 2.45) is 0 Å². The molecule has 0 unspecified atom stereocenters. The average Bonchev–Trinajstić information content (AvgIpc) is 2.45. The fourth-order valence-electron chi connectivity index (χ4n) is 1.88. The van der Waals surface area contributed by atoms with Crippen molar-refractivity contribution >= 4 is 0 Å². The van der Waals surface area contributed by atoms with Crippen molar-refractivity contribution in [1.29, 1.82) is 0 Å². The predicted octanol–water partition coefficient (Wildman–Crippen LogP) is 1.32. The molecule has 2 N–H and O–H groups in total. The molecule has 0 fully saturated rings. The number of methoxy groups -OCH3 is 2. The molecule has 5 nitrogen and oxygen atoms in total. The van der Waals surface area contributed by atoms with Crippen LogP contribution in [0.15, 0.2) is 30.3 Å². The van der Waals surface area contributed by atoms with Crippen LogP contribution in [-0.4, -0.2) is 49.5 Å². The van der Waals surface area contributed by atoms with Crippen LogP contribution in [0.1, 0.15) is 18.4 Å². The Labute approximate surface area is 120 Å². The molecule has 0 saturated carbocycles. The molecule has 0 spiro atoms. The van der Waals surface area contributed by atoms with Gasteiger partial charge in [-0.3, -0.25) is 0 Å². The summed E-state index contributed by atoms with van der Waals surface area (Å²) >= 11 is 0. The summed E-state index contributed by atoms with van der Waals surface area (Å²) in [4.78, 5) is 0. The Morgan fingerprint density at radius 3 is 2.20 bits per heavy atom. The van der Waals surface area contributed by atoms with Gasteiger partial charge in [-0.25, -0.2) is 0 Å². The van der Waals surface area contributed by atoms with Crippen molar-refractivity contribution in [2.75, 3.05) is 20.8 Å². The first-order valence-corrected chi connectivity index (χ1v) is 6.69. The third-order valence-electron chi connectivity index (χ3n) is 2.96. The third-order valence-corrected chi connectivity index (χ3v) is 2.96. The zero-order valence-electron chi connectivity index (χ0n) is 12.1. The van der Waals surface area contributed by atoms with Crippen molar-refractivity contribution in [1.82, 2.24) is 0 Å². The fraction of sp³-hybridized carbons (Fsp3) is 0.600. The van der Waals surface area contributed by atoms with Gasteiger partial charge in [0.2, 0.25) is 0 Å². The smallest absolute Gasteiger partial charge is 0.159 e. The van der Waals surface area contributed by atoms with Crippen LogP contribution in [0, 0.1) is 0 Å². The summed E-state index contributed by atoms with van der Waals surface area (Å²) in [6, 6.07) is 9.74. The van der Waals surface area contributed by atoms with Gasteiger partial charge in [-0.2, -0.15) is 0 Å². The number of aliphatic hydroxyl groups excluding tert-OH is 2. The molecule has 0 amide bonds. The molecule has 1 aromatic carbocycles. The Bertz CT molecular complexity index is 339. The van der Waals surface area contributed by atoms with Gasteiger partial charge in [0.05, 0.1) is 25.4 Å². The van der Waals surface area contributed by atoms with Gasteiger partial charge in [0, 0.05) is 27.1 Å². The van der Waals surface area contributed by atoms with Gasteiger partial charge in [-0.05, 0) is 5.56 Å². The van der Waals surface area contributed by atoms with Crippen LogP contribution in [0.2, 0.25) is 0 Å². The van der Waals surface area contributed by atoms with E-state index in [4.69, 9.17) is 14.2 Å². The van der Waals surface area contributed by atoms with E-state index in [0.717, 1.165) is 5.56 Å². The normalized spacial score (nSPS) is 14.4. The van der Waals surface area contributed by atoms with Crippen molar-refractivity contribution in [2.45, 2.75) is 37.9 Å². The minimum absolute atomic E-state index is 0.191. The van der Waals surface area contributed by atoms with Gasteiger partial charge in [0.1, 0.15) is 0 Å². The lowest BCUT2D eigenvalue weighted by Gasteiger charge is -2.20. The van der Waals surface area contributed by atoms with Crippen LogP contribution in [-0.2, 0) is 20.8 Å². The molecule has 0 saturated heterocycles. The monoisotopic (exact) mass is 284 g/mol. The van der Waals surface area contributed by atoms with Gasteiger partial charge in [-0.1, -0.05) is 30.3 Å². The van der Waals surface area contributed by atoms with E-state index in [1.54, 1.807) is 0 Å². The number of hydrogen-bond donors (Lipinski definition) is 2. The standard InChI is InChI=1S/C15H24O5/c1-18-15(19-2)9-13(16)8-14(17)11-20-10-12-6-4-3-5-7-12/h3-7,13-17H,8-11H2,1-2H3/t13-,14-/m0/s1. The fourth-order valence-corrected chi connectivity index (χ4v) is 1.88. The highest BCUT2D eigenvalue weighted by Crippen LogP contribution is 2.09. The highest BCUT2D eigenvalue weighted by molar-refractivity contribution is 5.13. The first kappa shape index (κ1) is 17.1. The topological polar surface area (TPSA) is 68.2 Å². The summed E-state index contributed by atoms with van der Waals surface area (Å²) < 4.78 is 15.4. The summed E-state index contributed by atoms with van der Waals surface area (Å²) in [7, 11) is 3.03. The Morgan fingerprint density at radius 1 is 0.950 bits per heavy atom. The molecular weight excluding hydrogens is 260 g/mol. The van der Waals surface area contributed by atoms with Crippen molar-refractivity contribution in [3.05, 3.63) is 35.9 Å². The molecular formula is C15H24O5. The largest absolute Gasteiger partial charge is 0.393 e. The van der Waals surface area contributed by atoms with E-state index in [-0.39, 0.29) is 13.0 Å². The van der Waals surface area contributed by atoms with Gasteiger partial charge in [0.15, 0.2) is 6.29 Å². The first-order chi connectivity index (χ1) is 9.65. The van der Waals surface area contributed by atoms with E-state index < -0.39 is 18.5 Å². The lowest BCUT2D eigenvalue weighted by atomic mass is 10.1.